The first-order valence-electron chi connectivity index (χ1n) is 5.37. The van der Waals surface area contributed by atoms with E-state index in [0.29, 0.717) is 18.6 Å². The lowest BCUT2D eigenvalue weighted by atomic mass is 9.82. The van der Waals surface area contributed by atoms with Crippen LogP contribution in [0.2, 0.25) is 0 Å². The zero-order chi connectivity index (χ0) is 12.4. The van der Waals surface area contributed by atoms with Gasteiger partial charge < -0.3 is 4.74 Å². The minimum absolute atomic E-state index is 0.0962. The third-order valence-corrected chi connectivity index (χ3v) is 2.98. The summed E-state index contributed by atoms with van der Waals surface area (Å²) in [6.07, 6.45) is 2.31. The monoisotopic (exact) mass is 238 g/mol. The molecule has 2 nitrogen and oxygen atoms in total. The number of cyclic esters (lactones) is 1. The highest BCUT2D eigenvalue weighted by atomic mass is 19.2. The second-order valence-electron chi connectivity index (χ2n) is 4.01. The molecule has 0 aliphatic carbocycles. The van der Waals surface area contributed by atoms with E-state index in [4.69, 9.17) is 4.74 Å². The fourth-order valence-corrected chi connectivity index (χ4v) is 2.07. The summed E-state index contributed by atoms with van der Waals surface area (Å²) in [4.78, 5) is 11.7. The molecule has 0 N–H and O–H groups in total. The SMILES string of the molecule is C=C[C@H]1CCOC(=O)[C@@H]1c1ccc(F)c(F)c1. The molecule has 17 heavy (non-hydrogen) atoms. The quantitative estimate of drug-likeness (QED) is 0.585. The van der Waals surface area contributed by atoms with Gasteiger partial charge in [-0.2, -0.15) is 0 Å². The van der Waals surface area contributed by atoms with Crippen molar-refractivity contribution in [3.63, 3.8) is 0 Å². The van der Waals surface area contributed by atoms with Crippen molar-refractivity contribution in [3.8, 4) is 0 Å². The first kappa shape index (κ1) is 11.8. The molecular weight excluding hydrogens is 226 g/mol. The molecule has 0 saturated carbocycles. The third kappa shape index (κ3) is 2.20. The summed E-state index contributed by atoms with van der Waals surface area (Å²) < 4.78 is 30.9. The Balaban J connectivity index is 2.37. The third-order valence-electron chi connectivity index (χ3n) is 2.98. The molecule has 1 aromatic carbocycles. The Hall–Kier alpha value is -1.71. The fourth-order valence-electron chi connectivity index (χ4n) is 2.07. The second kappa shape index (κ2) is 4.65. The van der Waals surface area contributed by atoms with Crippen LogP contribution in [0.25, 0.3) is 0 Å². The Morgan fingerprint density at radius 2 is 2.12 bits per heavy atom. The van der Waals surface area contributed by atoms with Gasteiger partial charge in [0.1, 0.15) is 0 Å². The number of esters is 1. The number of allylic oxidation sites excluding steroid dienone is 1. The lowest BCUT2D eigenvalue weighted by Gasteiger charge is -2.28. The van der Waals surface area contributed by atoms with Crippen LogP contribution in [0.15, 0.2) is 30.9 Å². The summed E-state index contributed by atoms with van der Waals surface area (Å²) in [7, 11) is 0. The van der Waals surface area contributed by atoms with Crippen molar-refractivity contribution in [2.75, 3.05) is 6.61 Å². The summed E-state index contributed by atoms with van der Waals surface area (Å²) in [5.41, 5.74) is 0.429. The number of halogens is 2. The molecule has 0 spiro atoms. The molecule has 0 unspecified atom stereocenters. The van der Waals surface area contributed by atoms with Gasteiger partial charge in [0.05, 0.1) is 12.5 Å². The van der Waals surface area contributed by atoms with E-state index >= 15 is 0 Å². The van der Waals surface area contributed by atoms with Crippen LogP contribution in [-0.2, 0) is 9.53 Å². The normalized spacial score (nSPS) is 24.2. The molecule has 4 heteroatoms. The van der Waals surface area contributed by atoms with Gasteiger partial charge in [0.15, 0.2) is 11.6 Å². The van der Waals surface area contributed by atoms with Crippen LogP contribution in [0.5, 0.6) is 0 Å². The summed E-state index contributed by atoms with van der Waals surface area (Å²) in [5.74, 6) is -2.97. The van der Waals surface area contributed by atoms with Gasteiger partial charge in [-0.15, -0.1) is 6.58 Å². The molecule has 1 aromatic rings. The maximum absolute atomic E-state index is 13.1. The first-order valence-corrected chi connectivity index (χ1v) is 5.37. The van der Waals surface area contributed by atoms with Gasteiger partial charge in [0.2, 0.25) is 0 Å². The van der Waals surface area contributed by atoms with E-state index in [1.165, 1.54) is 6.07 Å². The number of ether oxygens (including phenoxy) is 1. The Morgan fingerprint density at radius 1 is 1.35 bits per heavy atom. The molecule has 1 aliphatic rings. The zero-order valence-corrected chi connectivity index (χ0v) is 9.16. The van der Waals surface area contributed by atoms with Crippen LogP contribution >= 0.6 is 0 Å². The Kier molecular flexibility index (Phi) is 3.22. The Labute approximate surface area is 97.9 Å². The smallest absolute Gasteiger partial charge is 0.314 e. The van der Waals surface area contributed by atoms with E-state index in [9.17, 15) is 13.6 Å². The molecule has 1 fully saturated rings. The van der Waals surface area contributed by atoms with Crippen molar-refractivity contribution in [1.82, 2.24) is 0 Å². The van der Waals surface area contributed by atoms with E-state index in [0.717, 1.165) is 12.1 Å². The van der Waals surface area contributed by atoms with Gasteiger partial charge in [-0.25, -0.2) is 8.78 Å². The average Bonchev–Trinajstić information content (AvgIpc) is 2.32. The van der Waals surface area contributed by atoms with Crippen molar-refractivity contribution in [2.24, 2.45) is 5.92 Å². The predicted octanol–water partition coefficient (Wildman–Crippen LogP) is 2.80. The van der Waals surface area contributed by atoms with E-state index in [2.05, 4.69) is 6.58 Å². The molecule has 0 radical (unpaired) electrons. The van der Waals surface area contributed by atoms with Crippen molar-refractivity contribution >= 4 is 5.97 Å². The zero-order valence-electron chi connectivity index (χ0n) is 9.16. The van der Waals surface area contributed by atoms with Crippen LogP contribution in [0, 0.1) is 17.6 Å². The summed E-state index contributed by atoms with van der Waals surface area (Å²) in [6.45, 7) is 4.00. The lowest BCUT2D eigenvalue weighted by Crippen LogP contribution is -2.29. The lowest BCUT2D eigenvalue weighted by molar-refractivity contribution is -0.150. The maximum Gasteiger partial charge on any atom is 0.314 e. The van der Waals surface area contributed by atoms with E-state index in [1.807, 2.05) is 0 Å². The van der Waals surface area contributed by atoms with Gasteiger partial charge in [-0.1, -0.05) is 12.1 Å². The second-order valence-corrected chi connectivity index (χ2v) is 4.01. The number of hydrogen-bond donors (Lipinski definition) is 0. The fraction of sp³-hybridized carbons (Fsp3) is 0.308. The Bertz CT molecular complexity index is 457. The molecule has 0 aromatic heterocycles. The number of benzene rings is 1. The van der Waals surface area contributed by atoms with Crippen molar-refractivity contribution in [3.05, 3.63) is 48.1 Å². The minimum atomic E-state index is -0.955. The van der Waals surface area contributed by atoms with Crippen LogP contribution in [0.4, 0.5) is 8.78 Å². The molecule has 90 valence electrons. The van der Waals surface area contributed by atoms with E-state index in [1.54, 1.807) is 6.08 Å². The molecule has 0 amide bonds. The van der Waals surface area contributed by atoms with E-state index < -0.39 is 23.5 Å². The summed E-state index contributed by atoms with van der Waals surface area (Å²) in [5, 5.41) is 0. The molecule has 2 rings (SSSR count). The van der Waals surface area contributed by atoms with Crippen molar-refractivity contribution in [2.45, 2.75) is 12.3 Å². The highest BCUT2D eigenvalue weighted by molar-refractivity contribution is 5.79. The molecular formula is C13H12F2O2. The van der Waals surface area contributed by atoms with Gasteiger partial charge in [-0.05, 0) is 30.0 Å². The highest BCUT2D eigenvalue weighted by Gasteiger charge is 2.33. The molecule has 1 saturated heterocycles. The number of hydrogen-bond acceptors (Lipinski definition) is 2. The summed E-state index contributed by atoms with van der Waals surface area (Å²) >= 11 is 0. The van der Waals surface area contributed by atoms with Crippen LogP contribution < -0.4 is 0 Å². The minimum Gasteiger partial charge on any atom is -0.465 e. The maximum atomic E-state index is 13.1. The Morgan fingerprint density at radius 3 is 2.76 bits per heavy atom. The number of carbonyl (C=O) groups is 1. The number of rotatable bonds is 2. The van der Waals surface area contributed by atoms with Gasteiger partial charge in [0.25, 0.3) is 0 Å². The van der Waals surface area contributed by atoms with Gasteiger partial charge in [-0.3, -0.25) is 4.79 Å². The van der Waals surface area contributed by atoms with Crippen LogP contribution in [-0.4, -0.2) is 12.6 Å². The molecule has 1 heterocycles. The predicted molar refractivity (Wildman–Crippen MR) is 58.4 cm³/mol. The highest BCUT2D eigenvalue weighted by Crippen LogP contribution is 2.33. The van der Waals surface area contributed by atoms with Gasteiger partial charge in [0, 0.05) is 0 Å². The summed E-state index contributed by atoms with van der Waals surface area (Å²) in [6, 6.07) is 3.47. The van der Waals surface area contributed by atoms with Crippen LogP contribution in [0.1, 0.15) is 17.9 Å². The standard InChI is InChI=1S/C13H12F2O2/c1-2-8-5-6-17-13(16)12(8)9-3-4-10(14)11(15)7-9/h2-4,7-8,12H,1,5-6H2/t8-,12-/m0/s1. The van der Waals surface area contributed by atoms with Crippen molar-refractivity contribution < 1.29 is 18.3 Å². The van der Waals surface area contributed by atoms with Gasteiger partial charge >= 0.3 is 5.97 Å². The van der Waals surface area contributed by atoms with Crippen molar-refractivity contribution in [1.29, 1.82) is 0 Å². The largest absolute Gasteiger partial charge is 0.465 e. The number of carbonyl (C=O) groups excluding carboxylic acids is 1. The molecule has 0 bridgehead atoms. The average molecular weight is 238 g/mol. The molecule has 1 aliphatic heterocycles. The van der Waals surface area contributed by atoms with Crippen LogP contribution in [0.3, 0.4) is 0 Å². The van der Waals surface area contributed by atoms with E-state index in [-0.39, 0.29) is 5.92 Å². The topological polar surface area (TPSA) is 26.3 Å². The molecule has 2 atom stereocenters. The first-order chi connectivity index (χ1) is 8.13.